The average molecular weight is 330 g/mol. The molecule has 1 aromatic rings. The molecule has 2 saturated heterocycles. The number of likely N-dealkylation sites (tertiary alicyclic amines) is 1. The summed E-state index contributed by atoms with van der Waals surface area (Å²) in [4.78, 5) is 26.5. The van der Waals surface area contributed by atoms with Crippen molar-refractivity contribution in [2.24, 2.45) is 5.41 Å². The van der Waals surface area contributed by atoms with Crippen LogP contribution in [0.25, 0.3) is 0 Å². The number of benzene rings is 1. The highest BCUT2D eigenvalue weighted by Crippen LogP contribution is 2.47. The first-order valence-electron chi connectivity index (χ1n) is 8.61. The third kappa shape index (κ3) is 3.25. The maximum absolute atomic E-state index is 12.4. The van der Waals surface area contributed by atoms with Crippen LogP contribution >= 0.6 is 0 Å². The molecule has 24 heavy (non-hydrogen) atoms. The minimum atomic E-state index is -0.482. The van der Waals surface area contributed by atoms with E-state index in [0.29, 0.717) is 19.6 Å². The molecule has 0 saturated carbocycles. The van der Waals surface area contributed by atoms with Crippen LogP contribution in [0.15, 0.2) is 30.3 Å². The first kappa shape index (κ1) is 16.8. The van der Waals surface area contributed by atoms with Crippen LogP contribution in [0.5, 0.6) is 0 Å². The lowest BCUT2D eigenvalue weighted by Gasteiger charge is -2.41. The fourth-order valence-corrected chi connectivity index (χ4v) is 3.82. The van der Waals surface area contributed by atoms with E-state index in [1.165, 1.54) is 0 Å². The number of hydrogen-bond acceptors (Lipinski definition) is 3. The molecule has 0 aliphatic carbocycles. The van der Waals surface area contributed by atoms with Crippen molar-refractivity contribution in [3.8, 4) is 0 Å². The van der Waals surface area contributed by atoms with Crippen LogP contribution in [0.2, 0.25) is 0 Å². The molecular formula is C19H26N2O3. The molecule has 5 nitrogen and oxygen atoms in total. The van der Waals surface area contributed by atoms with E-state index in [4.69, 9.17) is 4.74 Å². The second-order valence-electron chi connectivity index (χ2n) is 7.89. The Hall–Kier alpha value is -2.04. The number of nitrogens with one attached hydrogen (secondary N) is 1. The van der Waals surface area contributed by atoms with Gasteiger partial charge in [0.25, 0.3) is 0 Å². The number of nitrogens with zero attached hydrogens (tertiary/aromatic N) is 1. The summed E-state index contributed by atoms with van der Waals surface area (Å²) >= 11 is 0. The van der Waals surface area contributed by atoms with Gasteiger partial charge in [-0.3, -0.25) is 4.79 Å². The van der Waals surface area contributed by atoms with Crippen LogP contribution in [0.1, 0.15) is 45.1 Å². The maximum atomic E-state index is 12.4. The molecule has 2 aliphatic heterocycles. The zero-order chi connectivity index (χ0) is 17.4. The molecule has 130 valence electrons. The summed E-state index contributed by atoms with van der Waals surface area (Å²) in [6, 6.07) is 9.97. The molecule has 0 bridgehead atoms. The molecule has 3 rings (SSSR count). The van der Waals surface area contributed by atoms with Gasteiger partial charge in [0.05, 0.1) is 5.92 Å². The second-order valence-corrected chi connectivity index (χ2v) is 7.89. The van der Waals surface area contributed by atoms with Gasteiger partial charge in [0.2, 0.25) is 5.91 Å². The van der Waals surface area contributed by atoms with Gasteiger partial charge in [-0.25, -0.2) is 4.79 Å². The van der Waals surface area contributed by atoms with Crippen LogP contribution in [0, 0.1) is 5.41 Å². The number of hydrogen-bond donors (Lipinski definition) is 1. The SMILES string of the molecule is CC(C)(C)OC(=O)N1CCC2(CC1)CNC(=O)[C@H]2c1ccccc1. The summed E-state index contributed by atoms with van der Waals surface area (Å²) in [5, 5.41) is 3.04. The van der Waals surface area contributed by atoms with Crippen LogP contribution in [0.3, 0.4) is 0 Å². The van der Waals surface area contributed by atoms with E-state index in [1.807, 2.05) is 51.1 Å². The number of ether oxygens (including phenoxy) is 1. The van der Waals surface area contributed by atoms with Crippen LogP contribution in [-0.2, 0) is 9.53 Å². The van der Waals surface area contributed by atoms with E-state index >= 15 is 0 Å². The molecule has 0 unspecified atom stereocenters. The number of carbonyl (C=O) groups is 2. The minimum absolute atomic E-state index is 0.100. The summed E-state index contributed by atoms with van der Waals surface area (Å²) in [5.74, 6) is -0.0218. The van der Waals surface area contributed by atoms with E-state index < -0.39 is 5.60 Å². The first-order chi connectivity index (χ1) is 11.3. The predicted molar refractivity (Wildman–Crippen MR) is 91.7 cm³/mol. The van der Waals surface area contributed by atoms with Gasteiger partial charge in [-0.05, 0) is 39.2 Å². The molecule has 1 spiro atoms. The predicted octanol–water partition coefficient (Wildman–Crippen LogP) is 2.92. The Morgan fingerprint density at radius 3 is 2.42 bits per heavy atom. The molecule has 2 aliphatic rings. The van der Waals surface area contributed by atoms with Crippen molar-refractivity contribution < 1.29 is 14.3 Å². The van der Waals surface area contributed by atoms with E-state index in [-0.39, 0.29) is 23.3 Å². The van der Waals surface area contributed by atoms with Crippen molar-refractivity contribution in [1.29, 1.82) is 0 Å². The van der Waals surface area contributed by atoms with Gasteiger partial charge in [0.1, 0.15) is 5.60 Å². The third-order valence-corrected chi connectivity index (χ3v) is 5.03. The second kappa shape index (κ2) is 6.11. The molecule has 5 heteroatoms. The molecule has 2 amide bonds. The number of piperidine rings is 1. The maximum Gasteiger partial charge on any atom is 0.410 e. The Labute approximate surface area is 143 Å². The van der Waals surface area contributed by atoms with E-state index in [9.17, 15) is 9.59 Å². The summed E-state index contributed by atoms with van der Waals surface area (Å²) in [6.07, 6.45) is 1.36. The van der Waals surface area contributed by atoms with E-state index in [2.05, 4.69) is 5.32 Å². The molecule has 0 radical (unpaired) electrons. The summed E-state index contributed by atoms with van der Waals surface area (Å²) < 4.78 is 5.47. The lowest BCUT2D eigenvalue weighted by atomic mass is 9.68. The summed E-state index contributed by atoms with van der Waals surface area (Å²) in [6.45, 7) is 7.58. The van der Waals surface area contributed by atoms with Crippen LogP contribution in [-0.4, -0.2) is 42.1 Å². The molecule has 0 aromatic heterocycles. The molecule has 2 fully saturated rings. The lowest BCUT2D eigenvalue weighted by Crippen LogP contribution is -2.47. The normalized spacial score (nSPS) is 23.2. The summed E-state index contributed by atoms with van der Waals surface area (Å²) in [5.41, 5.74) is 0.485. The minimum Gasteiger partial charge on any atom is -0.444 e. The fraction of sp³-hybridized carbons (Fsp3) is 0.579. The van der Waals surface area contributed by atoms with Gasteiger partial charge < -0.3 is 15.0 Å². The molecular weight excluding hydrogens is 304 g/mol. The third-order valence-electron chi connectivity index (χ3n) is 5.03. The van der Waals surface area contributed by atoms with Crippen molar-refractivity contribution in [2.75, 3.05) is 19.6 Å². The number of carbonyl (C=O) groups excluding carboxylic acids is 2. The van der Waals surface area contributed by atoms with Crippen molar-refractivity contribution >= 4 is 12.0 Å². The number of amides is 2. The monoisotopic (exact) mass is 330 g/mol. The topological polar surface area (TPSA) is 58.6 Å². The zero-order valence-electron chi connectivity index (χ0n) is 14.7. The highest BCUT2D eigenvalue weighted by molar-refractivity contribution is 5.87. The Balaban J connectivity index is 1.72. The van der Waals surface area contributed by atoms with Crippen molar-refractivity contribution in [2.45, 2.75) is 45.1 Å². The van der Waals surface area contributed by atoms with Gasteiger partial charge in [-0.1, -0.05) is 30.3 Å². The summed E-state index contributed by atoms with van der Waals surface area (Å²) in [7, 11) is 0. The quantitative estimate of drug-likeness (QED) is 0.861. The molecule has 2 heterocycles. The Morgan fingerprint density at radius 1 is 1.21 bits per heavy atom. The van der Waals surface area contributed by atoms with E-state index in [1.54, 1.807) is 4.90 Å². The van der Waals surface area contributed by atoms with Crippen molar-refractivity contribution in [1.82, 2.24) is 10.2 Å². The lowest BCUT2D eigenvalue weighted by molar-refractivity contribution is -0.121. The van der Waals surface area contributed by atoms with Crippen LogP contribution < -0.4 is 5.32 Å². The Bertz CT molecular complexity index is 613. The Kier molecular flexibility index (Phi) is 4.28. The molecule has 1 N–H and O–H groups in total. The van der Waals surface area contributed by atoms with Crippen molar-refractivity contribution in [3.63, 3.8) is 0 Å². The molecule has 1 aromatic carbocycles. The van der Waals surface area contributed by atoms with Crippen molar-refractivity contribution in [3.05, 3.63) is 35.9 Å². The van der Waals surface area contributed by atoms with E-state index in [0.717, 1.165) is 18.4 Å². The zero-order valence-corrected chi connectivity index (χ0v) is 14.7. The first-order valence-corrected chi connectivity index (χ1v) is 8.61. The van der Waals surface area contributed by atoms with Gasteiger partial charge in [-0.15, -0.1) is 0 Å². The highest BCUT2D eigenvalue weighted by atomic mass is 16.6. The van der Waals surface area contributed by atoms with Gasteiger partial charge in [0, 0.05) is 25.0 Å². The fourth-order valence-electron chi connectivity index (χ4n) is 3.82. The Morgan fingerprint density at radius 2 is 1.83 bits per heavy atom. The standard InChI is InChI=1S/C19H26N2O3/c1-18(2,3)24-17(23)21-11-9-19(10-12-21)13-20-16(22)15(19)14-7-5-4-6-8-14/h4-8,15H,9-13H2,1-3H3,(H,20,22)/t15-/m1/s1. The molecule has 1 atom stereocenters. The van der Waals surface area contributed by atoms with Crippen LogP contribution in [0.4, 0.5) is 4.79 Å². The van der Waals surface area contributed by atoms with Gasteiger partial charge >= 0.3 is 6.09 Å². The number of rotatable bonds is 1. The average Bonchev–Trinajstić information content (AvgIpc) is 2.83. The highest BCUT2D eigenvalue weighted by Gasteiger charge is 2.50. The largest absolute Gasteiger partial charge is 0.444 e. The van der Waals surface area contributed by atoms with Gasteiger partial charge in [-0.2, -0.15) is 0 Å². The van der Waals surface area contributed by atoms with Gasteiger partial charge in [0.15, 0.2) is 0 Å². The smallest absolute Gasteiger partial charge is 0.410 e.